The van der Waals surface area contributed by atoms with Gasteiger partial charge in [0, 0.05) is 0 Å². The van der Waals surface area contributed by atoms with Gasteiger partial charge >= 0.3 is 6.16 Å². The van der Waals surface area contributed by atoms with E-state index in [0.717, 1.165) is 37.0 Å². The molecule has 0 aliphatic heterocycles. The second kappa shape index (κ2) is 10.8. The molecule has 0 unspecified atom stereocenters. The molecule has 130 valence electrons. The van der Waals surface area contributed by atoms with E-state index in [1.54, 1.807) is 0 Å². The van der Waals surface area contributed by atoms with Crippen molar-refractivity contribution in [3.05, 3.63) is 77.9 Å². The minimum atomic E-state index is -0.794. The summed E-state index contributed by atoms with van der Waals surface area (Å²) in [7, 11) is 1.27. The summed E-state index contributed by atoms with van der Waals surface area (Å²) in [5.74, 6) is 0. The molecule has 0 aromatic heterocycles. The van der Waals surface area contributed by atoms with Crippen molar-refractivity contribution in [2.45, 2.75) is 25.7 Å². The van der Waals surface area contributed by atoms with Crippen LogP contribution in [0.25, 0.3) is 6.08 Å². The minimum absolute atomic E-state index is 0.729. The molecule has 25 heavy (non-hydrogen) atoms. The molecule has 2 aromatic carbocycles. The zero-order valence-corrected chi connectivity index (χ0v) is 14.4. The van der Waals surface area contributed by atoms with Crippen LogP contribution in [0.5, 0.6) is 0 Å². The number of benzene rings is 2. The number of methoxy groups -OCH3 is 1. The van der Waals surface area contributed by atoms with Gasteiger partial charge in [-0.15, -0.1) is 0 Å². The molecule has 2 aromatic rings. The molecule has 2 rings (SSSR count). The largest absolute Gasteiger partial charge is 0.534 e. The fourth-order valence-electron chi connectivity index (χ4n) is 2.32. The lowest BCUT2D eigenvalue weighted by molar-refractivity contribution is 0.0749. The average molecular weight is 337 g/mol. The third-order valence-electron chi connectivity index (χ3n) is 3.67. The maximum atomic E-state index is 11.1. The molecule has 0 spiro atoms. The van der Waals surface area contributed by atoms with Crippen LogP contribution in [0.4, 0.5) is 4.79 Å². The predicted molar refractivity (Wildman–Crippen MR) is 100 cm³/mol. The van der Waals surface area contributed by atoms with E-state index < -0.39 is 6.16 Å². The molecule has 0 heterocycles. The Kier molecular flexibility index (Phi) is 7.98. The van der Waals surface area contributed by atoms with Crippen LogP contribution in [0, 0.1) is 0 Å². The molecule has 0 aliphatic carbocycles. The van der Waals surface area contributed by atoms with Crippen LogP contribution in [-0.2, 0) is 16.0 Å². The van der Waals surface area contributed by atoms with Gasteiger partial charge in [-0.1, -0.05) is 78.0 Å². The fraction of sp³-hybridized carbons (Fsp3) is 0.238. The standard InChI is InChI=1S/C21H23NO3/c1-24-21(23)25-22-20(17-16-19-12-6-3-7-13-19)15-9-8-14-18-10-4-2-5-11-18/h2-8,10-14H,9,15-17H2,1H3/b14-8+,22-20+. The molecular weight excluding hydrogens is 314 g/mol. The predicted octanol–water partition coefficient (Wildman–Crippen LogP) is 5.25. The molecule has 0 saturated carbocycles. The van der Waals surface area contributed by atoms with Gasteiger partial charge in [-0.3, -0.25) is 4.84 Å². The van der Waals surface area contributed by atoms with Gasteiger partial charge < -0.3 is 4.74 Å². The minimum Gasteiger partial charge on any atom is -0.436 e. The Bertz CT molecular complexity index is 694. The lowest BCUT2D eigenvalue weighted by Gasteiger charge is -2.05. The molecule has 0 N–H and O–H groups in total. The second-order valence-corrected chi connectivity index (χ2v) is 5.54. The Morgan fingerprint density at radius 1 is 1.00 bits per heavy atom. The van der Waals surface area contributed by atoms with Crippen molar-refractivity contribution in [2.24, 2.45) is 5.16 Å². The van der Waals surface area contributed by atoms with E-state index in [9.17, 15) is 4.79 Å². The van der Waals surface area contributed by atoms with E-state index in [1.165, 1.54) is 12.7 Å². The van der Waals surface area contributed by atoms with E-state index >= 15 is 0 Å². The summed E-state index contributed by atoms with van der Waals surface area (Å²) in [4.78, 5) is 15.9. The van der Waals surface area contributed by atoms with Gasteiger partial charge in [-0.05, 0) is 36.8 Å². The Morgan fingerprint density at radius 2 is 1.68 bits per heavy atom. The molecule has 0 radical (unpaired) electrons. The number of ether oxygens (including phenoxy) is 1. The molecule has 0 aliphatic rings. The number of allylic oxidation sites excluding steroid dienone is 1. The SMILES string of the molecule is COC(=O)O/N=C(\CC/C=C/c1ccccc1)CCc1ccccc1. The number of carbonyl (C=O) groups excluding carboxylic acids is 1. The van der Waals surface area contributed by atoms with E-state index in [0.29, 0.717) is 0 Å². The second-order valence-electron chi connectivity index (χ2n) is 5.54. The zero-order chi connectivity index (χ0) is 17.7. The van der Waals surface area contributed by atoms with Crippen LogP contribution in [-0.4, -0.2) is 19.0 Å². The zero-order valence-electron chi connectivity index (χ0n) is 14.4. The first-order valence-electron chi connectivity index (χ1n) is 8.34. The summed E-state index contributed by atoms with van der Waals surface area (Å²) >= 11 is 0. The maximum Gasteiger partial charge on any atom is 0.534 e. The number of hydrogen-bond acceptors (Lipinski definition) is 4. The highest BCUT2D eigenvalue weighted by molar-refractivity contribution is 5.85. The highest BCUT2D eigenvalue weighted by Crippen LogP contribution is 2.09. The highest BCUT2D eigenvalue weighted by atomic mass is 16.8. The van der Waals surface area contributed by atoms with Crippen LogP contribution >= 0.6 is 0 Å². The van der Waals surface area contributed by atoms with E-state index in [2.05, 4.69) is 46.3 Å². The first kappa shape index (κ1) is 18.5. The molecule has 0 fully saturated rings. The highest BCUT2D eigenvalue weighted by Gasteiger charge is 2.05. The first-order valence-corrected chi connectivity index (χ1v) is 8.34. The summed E-state index contributed by atoms with van der Waals surface area (Å²) in [5.41, 5.74) is 3.23. The summed E-state index contributed by atoms with van der Waals surface area (Å²) in [6.45, 7) is 0. The fourth-order valence-corrected chi connectivity index (χ4v) is 2.32. The Balaban J connectivity index is 1.89. The van der Waals surface area contributed by atoms with Crippen molar-refractivity contribution in [1.29, 1.82) is 0 Å². The van der Waals surface area contributed by atoms with Crippen LogP contribution in [0.15, 0.2) is 71.9 Å². The van der Waals surface area contributed by atoms with Crippen LogP contribution < -0.4 is 0 Å². The number of oxime groups is 1. The lowest BCUT2D eigenvalue weighted by atomic mass is 10.0. The third kappa shape index (κ3) is 7.48. The van der Waals surface area contributed by atoms with Crippen LogP contribution in [0.1, 0.15) is 30.4 Å². The van der Waals surface area contributed by atoms with Crippen molar-refractivity contribution < 1.29 is 14.4 Å². The summed E-state index contributed by atoms with van der Waals surface area (Å²) < 4.78 is 4.46. The van der Waals surface area contributed by atoms with Crippen molar-refractivity contribution in [3.63, 3.8) is 0 Å². The lowest BCUT2D eigenvalue weighted by Crippen LogP contribution is -2.06. The van der Waals surface area contributed by atoms with Gasteiger partial charge in [0.25, 0.3) is 0 Å². The summed E-state index contributed by atoms with van der Waals surface area (Å²) in [6, 6.07) is 20.3. The average Bonchev–Trinajstić information content (AvgIpc) is 2.68. The Labute approximate surface area is 148 Å². The summed E-state index contributed by atoms with van der Waals surface area (Å²) in [5, 5.41) is 3.96. The van der Waals surface area contributed by atoms with E-state index in [1.807, 2.05) is 36.4 Å². The molecule has 4 nitrogen and oxygen atoms in total. The Hall–Kier alpha value is -2.88. The van der Waals surface area contributed by atoms with Gasteiger partial charge in [0.1, 0.15) is 0 Å². The third-order valence-corrected chi connectivity index (χ3v) is 3.67. The monoisotopic (exact) mass is 337 g/mol. The van der Waals surface area contributed by atoms with Gasteiger partial charge in [-0.25, -0.2) is 4.79 Å². The maximum absolute atomic E-state index is 11.1. The molecule has 0 atom stereocenters. The van der Waals surface area contributed by atoms with Gasteiger partial charge in [0.05, 0.1) is 12.8 Å². The molecule has 4 heteroatoms. The van der Waals surface area contributed by atoms with Crippen LogP contribution in [0.3, 0.4) is 0 Å². The normalized spacial score (nSPS) is 11.5. The van der Waals surface area contributed by atoms with Gasteiger partial charge in [-0.2, -0.15) is 0 Å². The van der Waals surface area contributed by atoms with Crippen molar-refractivity contribution in [3.8, 4) is 0 Å². The molecule has 0 bridgehead atoms. The quantitative estimate of drug-likeness (QED) is 0.286. The van der Waals surface area contributed by atoms with Gasteiger partial charge in [0.2, 0.25) is 0 Å². The molecule has 0 amide bonds. The van der Waals surface area contributed by atoms with Crippen molar-refractivity contribution in [2.75, 3.05) is 7.11 Å². The van der Waals surface area contributed by atoms with Gasteiger partial charge in [0.15, 0.2) is 0 Å². The molecule has 0 saturated heterocycles. The number of nitrogens with zero attached hydrogens (tertiary/aromatic N) is 1. The Morgan fingerprint density at radius 3 is 2.36 bits per heavy atom. The summed E-state index contributed by atoms with van der Waals surface area (Å²) in [6.07, 6.45) is 6.53. The van der Waals surface area contributed by atoms with Crippen molar-refractivity contribution >= 4 is 17.9 Å². The van der Waals surface area contributed by atoms with Crippen molar-refractivity contribution in [1.82, 2.24) is 0 Å². The number of aryl methyl sites for hydroxylation is 1. The number of rotatable bonds is 8. The van der Waals surface area contributed by atoms with Crippen LogP contribution in [0.2, 0.25) is 0 Å². The molecular formula is C21H23NO3. The first-order chi connectivity index (χ1) is 12.3. The number of hydrogen-bond donors (Lipinski definition) is 0. The van der Waals surface area contributed by atoms with E-state index in [-0.39, 0.29) is 0 Å². The number of carbonyl (C=O) groups is 1. The smallest absolute Gasteiger partial charge is 0.436 e. The van der Waals surface area contributed by atoms with E-state index in [4.69, 9.17) is 4.84 Å². The topological polar surface area (TPSA) is 47.9 Å².